The van der Waals surface area contributed by atoms with Crippen LogP contribution in [0.5, 0.6) is 5.75 Å². The zero-order valence-corrected chi connectivity index (χ0v) is 11.7. The van der Waals surface area contributed by atoms with Gasteiger partial charge in [0.15, 0.2) is 0 Å². The molecule has 0 aliphatic rings. The highest BCUT2D eigenvalue weighted by atomic mass is 35.5. The van der Waals surface area contributed by atoms with E-state index in [9.17, 15) is 0 Å². The summed E-state index contributed by atoms with van der Waals surface area (Å²) >= 11 is 6.10. The summed E-state index contributed by atoms with van der Waals surface area (Å²) in [7, 11) is 0. The molecule has 0 spiro atoms. The number of hydrogen-bond acceptors (Lipinski definition) is 3. The molecule has 0 fully saturated rings. The number of pyridine rings is 1. The molecule has 1 aromatic carbocycles. The van der Waals surface area contributed by atoms with Crippen molar-refractivity contribution in [2.45, 2.75) is 20.0 Å². The van der Waals surface area contributed by atoms with Gasteiger partial charge in [0.05, 0.1) is 5.69 Å². The molecule has 1 aromatic heterocycles. The van der Waals surface area contributed by atoms with Crippen LogP contribution >= 0.6 is 11.6 Å². The van der Waals surface area contributed by atoms with E-state index in [-0.39, 0.29) is 0 Å². The van der Waals surface area contributed by atoms with Gasteiger partial charge >= 0.3 is 0 Å². The fraction of sp³-hybridized carbons (Fsp3) is 0.267. The van der Waals surface area contributed by atoms with Gasteiger partial charge in [0.2, 0.25) is 0 Å². The SMILES string of the molecule is Cc1ccc(OCc2ccccc2Cl)c(CCN)n1. The summed E-state index contributed by atoms with van der Waals surface area (Å²) in [6, 6.07) is 11.5. The summed E-state index contributed by atoms with van der Waals surface area (Å²) in [5, 5.41) is 0.711. The summed E-state index contributed by atoms with van der Waals surface area (Å²) in [6.45, 7) is 2.94. The summed E-state index contributed by atoms with van der Waals surface area (Å²) in [6.07, 6.45) is 0.708. The number of benzene rings is 1. The fourth-order valence-electron chi connectivity index (χ4n) is 1.82. The van der Waals surface area contributed by atoms with Crippen LogP contribution in [0.15, 0.2) is 36.4 Å². The Bertz CT molecular complexity index is 558. The molecule has 0 amide bonds. The summed E-state index contributed by atoms with van der Waals surface area (Å²) < 4.78 is 5.81. The molecule has 0 bridgehead atoms. The second-order valence-electron chi connectivity index (χ2n) is 4.32. The van der Waals surface area contributed by atoms with Crippen molar-refractivity contribution in [2.75, 3.05) is 6.54 Å². The number of ether oxygens (including phenoxy) is 1. The average Bonchev–Trinajstić information content (AvgIpc) is 2.40. The predicted octanol–water partition coefficient (Wildman–Crippen LogP) is 3.12. The Morgan fingerprint density at radius 1 is 1.21 bits per heavy atom. The zero-order chi connectivity index (χ0) is 13.7. The van der Waals surface area contributed by atoms with Crippen LogP contribution < -0.4 is 10.5 Å². The highest BCUT2D eigenvalue weighted by Gasteiger charge is 2.07. The Hall–Kier alpha value is -1.58. The quantitative estimate of drug-likeness (QED) is 0.913. The predicted molar refractivity (Wildman–Crippen MR) is 77.5 cm³/mol. The van der Waals surface area contributed by atoms with Gasteiger partial charge in [-0.15, -0.1) is 0 Å². The molecule has 0 aliphatic heterocycles. The Kier molecular flexibility index (Phi) is 4.77. The number of nitrogens with zero attached hydrogens (tertiary/aromatic N) is 1. The largest absolute Gasteiger partial charge is 0.487 e. The third kappa shape index (κ3) is 3.69. The van der Waals surface area contributed by atoms with E-state index in [1.54, 1.807) is 0 Å². The van der Waals surface area contributed by atoms with Crippen molar-refractivity contribution in [1.29, 1.82) is 0 Å². The van der Waals surface area contributed by atoms with Crippen LogP contribution in [-0.4, -0.2) is 11.5 Å². The van der Waals surface area contributed by atoms with Gasteiger partial charge in [0, 0.05) is 22.7 Å². The van der Waals surface area contributed by atoms with Crippen LogP contribution in [0.1, 0.15) is 17.0 Å². The van der Waals surface area contributed by atoms with Crippen LogP contribution in [0.3, 0.4) is 0 Å². The molecule has 0 saturated carbocycles. The highest BCUT2D eigenvalue weighted by molar-refractivity contribution is 6.31. The van der Waals surface area contributed by atoms with Gasteiger partial charge in [-0.3, -0.25) is 4.98 Å². The van der Waals surface area contributed by atoms with E-state index in [4.69, 9.17) is 22.1 Å². The van der Waals surface area contributed by atoms with Crippen LogP contribution in [0.4, 0.5) is 0 Å². The van der Waals surface area contributed by atoms with Gasteiger partial charge < -0.3 is 10.5 Å². The number of aromatic nitrogens is 1. The van der Waals surface area contributed by atoms with Crippen molar-refractivity contribution in [3.05, 3.63) is 58.4 Å². The maximum Gasteiger partial charge on any atom is 0.141 e. The summed E-state index contributed by atoms with van der Waals surface area (Å²) in [5.41, 5.74) is 8.42. The first-order valence-corrected chi connectivity index (χ1v) is 6.61. The molecule has 2 aromatic rings. The molecule has 4 heteroatoms. The summed E-state index contributed by atoms with van der Waals surface area (Å²) in [4.78, 5) is 4.46. The standard InChI is InChI=1S/C15H17ClN2O/c1-11-6-7-15(14(18-11)8-9-17)19-10-12-4-2-3-5-13(12)16/h2-7H,8-10,17H2,1H3. The lowest BCUT2D eigenvalue weighted by molar-refractivity contribution is 0.301. The number of halogens is 1. The maximum atomic E-state index is 6.10. The number of hydrogen-bond donors (Lipinski definition) is 1. The van der Waals surface area contributed by atoms with Gasteiger partial charge in [-0.2, -0.15) is 0 Å². The molecule has 3 nitrogen and oxygen atoms in total. The van der Waals surface area contributed by atoms with Crippen molar-refractivity contribution < 1.29 is 4.74 Å². The van der Waals surface area contributed by atoms with Crippen molar-refractivity contribution in [3.63, 3.8) is 0 Å². The van der Waals surface area contributed by atoms with Crippen molar-refractivity contribution in [1.82, 2.24) is 4.98 Å². The van der Waals surface area contributed by atoms with Gasteiger partial charge in [0.1, 0.15) is 12.4 Å². The van der Waals surface area contributed by atoms with E-state index < -0.39 is 0 Å². The second kappa shape index (κ2) is 6.55. The molecule has 0 aliphatic carbocycles. The minimum absolute atomic E-state index is 0.433. The minimum Gasteiger partial charge on any atom is -0.487 e. The Labute approximate surface area is 118 Å². The molecule has 2 N–H and O–H groups in total. The molecule has 0 saturated heterocycles. The van der Waals surface area contributed by atoms with E-state index in [1.807, 2.05) is 43.3 Å². The number of rotatable bonds is 5. The van der Waals surface area contributed by atoms with Crippen LogP contribution in [0.25, 0.3) is 0 Å². The molecule has 19 heavy (non-hydrogen) atoms. The van der Waals surface area contributed by atoms with Crippen LogP contribution in [-0.2, 0) is 13.0 Å². The third-order valence-corrected chi connectivity index (χ3v) is 3.16. The molecule has 100 valence electrons. The average molecular weight is 277 g/mol. The molecule has 0 unspecified atom stereocenters. The first kappa shape index (κ1) is 13.8. The van der Waals surface area contributed by atoms with Gasteiger partial charge in [-0.05, 0) is 31.7 Å². The monoisotopic (exact) mass is 276 g/mol. The van der Waals surface area contributed by atoms with Crippen molar-refractivity contribution >= 4 is 11.6 Å². The lowest BCUT2D eigenvalue weighted by Gasteiger charge is -2.11. The highest BCUT2D eigenvalue weighted by Crippen LogP contribution is 2.21. The smallest absolute Gasteiger partial charge is 0.141 e. The Morgan fingerprint density at radius 2 is 2.00 bits per heavy atom. The van der Waals surface area contributed by atoms with E-state index in [1.165, 1.54) is 0 Å². The lowest BCUT2D eigenvalue weighted by atomic mass is 10.2. The first-order chi connectivity index (χ1) is 9.20. The summed E-state index contributed by atoms with van der Waals surface area (Å²) in [5.74, 6) is 0.774. The van der Waals surface area contributed by atoms with Gasteiger partial charge in [-0.25, -0.2) is 0 Å². The van der Waals surface area contributed by atoms with E-state index in [0.717, 1.165) is 22.7 Å². The number of aryl methyl sites for hydroxylation is 1. The minimum atomic E-state index is 0.433. The maximum absolute atomic E-state index is 6.10. The lowest BCUT2D eigenvalue weighted by Crippen LogP contribution is -2.08. The zero-order valence-electron chi connectivity index (χ0n) is 10.9. The molecule has 0 radical (unpaired) electrons. The van der Waals surface area contributed by atoms with E-state index in [2.05, 4.69) is 4.98 Å². The third-order valence-electron chi connectivity index (χ3n) is 2.79. The fourth-order valence-corrected chi connectivity index (χ4v) is 2.01. The van der Waals surface area contributed by atoms with E-state index in [0.29, 0.717) is 24.6 Å². The van der Waals surface area contributed by atoms with Gasteiger partial charge in [0.25, 0.3) is 0 Å². The normalized spacial score (nSPS) is 10.5. The van der Waals surface area contributed by atoms with Crippen molar-refractivity contribution in [2.24, 2.45) is 5.73 Å². The van der Waals surface area contributed by atoms with Gasteiger partial charge in [-0.1, -0.05) is 29.8 Å². The van der Waals surface area contributed by atoms with Crippen LogP contribution in [0.2, 0.25) is 5.02 Å². The molecule has 1 heterocycles. The Balaban J connectivity index is 2.13. The Morgan fingerprint density at radius 3 is 2.74 bits per heavy atom. The molecule has 2 rings (SSSR count). The van der Waals surface area contributed by atoms with Crippen LogP contribution in [0, 0.1) is 6.92 Å². The molecular weight excluding hydrogens is 260 g/mol. The molecule has 0 atom stereocenters. The number of nitrogens with two attached hydrogens (primary N) is 1. The topological polar surface area (TPSA) is 48.1 Å². The van der Waals surface area contributed by atoms with E-state index >= 15 is 0 Å². The second-order valence-corrected chi connectivity index (χ2v) is 4.72. The molecular formula is C15H17ClN2O. The van der Waals surface area contributed by atoms with Crippen molar-refractivity contribution in [3.8, 4) is 5.75 Å². The first-order valence-electron chi connectivity index (χ1n) is 6.23.